The highest BCUT2D eigenvalue weighted by molar-refractivity contribution is 5.85. The van der Waals surface area contributed by atoms with Gasteiger partial charge in [0.2, 0.25) is 0 Å². The van der Waals surface area contributed by atoms with Crippen LogP contribution in [0.4, 0.5) is 0 Å². The Bertz CT molecular complexity index is 397. The summed E-state index contributed by atoms with van der Waals surface area (Å²) in [5, 5.41) is 20.2. The SMILES string of the molecule is C/C(=N\O)C(n1cccn1)n1cccn1. The topological polar surface area (TPSA) is 68.2 Å². The van der Waals surface area contributed by atoms with Gasteiger partial charge in [0.05, 0.1) is 0 Å². The Morgan fingerprint density at radius 1 is 1.20 bits per heavy atom. The molecule has 6 heteroatoms. The van der Waals surface area contributed by atoms with Gasteiger partial charge in [0.15, 0.2) is 6.17 Å². The number of rotatable bonds is 3. The number of oxime groups is 1. The number of nitrogens with zero attached hydrogens (tertiary/aromatic N) is 5. The molecule has 1 N–H and O–H groups in total. The summed E-state index contributed by atoms with van der Waals surface area (Å²) < 4.78 is 3.34. The Labute approximate surface area is 86.4 Å². The fourth-order valence-corrected chi connectivity index (χ4v) is 1.41. The molecule has 0 unspecified atom stereocenters. The van der Waals surface area contributed by atoms with Crippen molar-refractivity contribution in [1.29, 1.82) is 0 Å². The molecule has 0 aliphatic heterocycles. The summed E-state index contributed by atoms with van der Waals surface area (Å²) in [6.07, 6.45) is 6.60. The van der Waals surface area contributed by atoms with Gasteiger partial charge >= 0.3 is 0 Å². The Hall–Kier alpha value is -2.11. The fourth-order valence-electron chi connectivity index (χ4n) is 1.41. The Morgan fingerprint density at radius 3 is 2.07 bits per heavy atom. The Balaban J connectivity index is 2.42. The minimum Gasteiger partial charge on any atom is -0.411 e. The molecule has 0 saturated carbocycles. The van der Waals surface area contributed by atoms with Crippen LogP contribution in [0.1, 0.15) is 13.1 Å². The molecule has 2 heterocycles. The van der Waals surface area contributed by atoms with Crippen LogP contribution >= 0.6 is 0 Å². The van der Waals surface area contributed by atoms with Crippen molar-refractivity contribution in [3.8, 4) is 0 Å². The van der Waals surface area contributed by atoms with E-state index in [1.807, 2.05) is 0 Å². The van der Waals surface area contributed by atoms with Crippen LogP contribution in [0.15, 0.2) is 42.1 Å². The van der Waals surface area contributed by atoms with Crippen LogP contribution in [0.5, 0.6) is 0 Å². The van der Waals surface area contributed by atoms with Crippen molar-refractivity contribution < 1.29 is 5.21 Å². The molecule has 2 rings (SSSR count). The van der Waals surface area contributed by atoms with Gasteiger partial charge in [-0.1, -0.05) is 5.16 Å². The smallest absolute Gasteiger partial charge is 0.184 e. The van der Waals surface area contributed by atoms with Gasteiger partial charge in [-0.25, -0.2) is 9.36 Å². The second-order valence-electron chi connectivity index (χ2n) is 3.09. The van der Waals surface area contributed by atoms with Crippen molar-refractivity contribution in [1.82, 2.24) is 19.6 Å². The molecule has 0 saturated heterocycles. The third kappa shape index (κ3) is 1.74. The third-order valence-corrected chi connectivity index (χ3v) is 2.08. The maximum absolute atomic E-state index is 8.81. The Morgan fingerprint density at radius 2 is 1.73 bits per heavy atom. The highest BCUT2D eigenvalue weighted by Gasteiger charge is 2.17. The first-order chi connectivity index (χ1) is 7.33. The summed E-state index contributed by atoms with van der Waals surface area (Å²) in [6, 6.07) is 3.61. The quantitative estimate of drug-likeness (QED) is 0.461. The van der Waals surface area contributed by atoms with Gasteiger partial charge in [0, 0.05) is 24.8 Å². The zero-order valence-corrected chi connectivity index (χ0v) is 8.22. The monoisotopic (exact) mass is 205 g/mol. The van der Waals surface area contributed by atoms with Crippen LogP contribution < -0.4 is 0 Å². The molecule has 0 amide bonds. The van der Waals surface area contributed by atoms with Crippen molar-refractivity contribution in [3.05, 3.63) is 36.9 Å². The molecular formula is C9H11N5O. The zero-order valence-electron chi connectivity index (χ0n) is 8.22. The van der Waals surface area contributed by atoms with Gasteiger partial charge in [-0.3, -0.25) is 0 Å². The largest absolute Gasteiger partial charge is 0.411 e. The molecular weight excluding hydrogens is 194 g/mol. The first-order valence-corrected chi connectivity index (χ1v) is 4.49. The molecule has 0 spiro atoms. The minimum absolute atomic E-state index is 0.319. The molecule has 0 atom stereocenters. The van der Waals surface area contributed by atoms with E-state index in [2.05, 4.69) is 15.4 Å². The highest BCUT2D eigenvalue weighted by Crippen LogP contribution is 2.09. The van der Waals surface area contributed by atoms with Crippen LogP contribution in [-0.2, 0) is 0 Å². The molecule has 2 aromatic heterocycles. The maximum atomic E-state index is 8.81. The zero-order chi connectivity index (χ0) is 10.7. The van der Waals surface area contributed by atoms with E-state index in [1.165, 1.54) is 0 Å². The second kappa shape index (κ2) is 3.95. The predicted molar refractivity (Wildman–Crippen MR) is 53.8 cm³/mol. The lowest BCUT2D eigenvalue weighted by molar-refractivity contribution is 0.309. The van der Waals surface area contributed by atoms with E-state index >= 15 is 0 Å². The summed E-state index contributed by atoms with van der Waals surface area (Å²) in [6.45, 7) is 1.72. The lowest BCUT2D eigenvalue weighted by atomic mass is 10.3. The molecule has 0 bridgehead atoms. The van der Waals surface area contributed by atoms with Crippen molar-refractivity contribution in [2.24, 2.45) is 5.16 Å². The molecule has 0 aromatic carbocycles. The van der Waals surface area contributed by atoms with E-state index in [9.17, 15) is 0 Å². The summed E-state index contributed by atoms with van der Waals surface area (Å²) in [4.78, 5) is 0. The van der Waals surface area contributed by atoms with Crippen molar-refractivity contribution >= 4 is 5.71 Å². The van der Waals surface area contributed by atoms with Gasteiger partial charge in [0.25, 0.3) is 0 Å². The molecule has 0 fully saturated rings. The lowest BCUT2D eigenvalue weighted by Crippen LogP contribution is -2.26. The van der Waals surface area contributed by atoms with Crippen LogP contribution in [-0.4, -0.2) is 30.5 Å². The van der Waals surface area contributed by atoms with E-state index in [-0.39, 0.29) is 6.17 Å². The number of aromatic nitrogens is 4. The summed E-state index contributed by atoms with van der Waals surface area (Å²) in [5.74, 6) is 0. The van der Waals surface area contributed by atoms with Crippen LogP contribution in [0.25, 0.3) is 0 Å². The second-order valence-corrected chi connectivity index (χ2v) is 3.09. The van der Waals surface area contributed by atoms with Crippen LogP contribution in [0.3, 0.4) is 0 Å². The van der Waals surface area contributed by atoms with Crippen molar-refractivity contribution in [2.45, 2.75) is 13.1 Å². The van der Waals surface area contributed by atoms with Gasteiger partial charge in [-0.05, 0) is 19.1 Å². The minimum atomic E-state index is -0.319. The molecule has 15 heavy (non-hydrogen) atoms. The van der Waals surface area contributed by atoms with E-state index in [4.69, 9.17) is 5.21 Å². The first-order valence-electron chi connectivity index (χ1n) is 4.49. The third-order valence-electron chi connectivity index (χ3n) is 2.08. The summed E-state index contributed by atoms with van der Waals surface area (Å²) >= 11 is 0. The van der Waals surface area contributed by atoms with Crippen molar-refractivity contribution in [2.75, 3.05) is 0 Å². The summed E-state index contributed by atoms with van der Waals surface area (Å²) in [5.41, 5.74) is 0.516. The van der Waals surface area contributed by atoms with Gasteiger partial charge in [-0.15, -0.1) is 0 Å². The predicted octanol–water partition coefficient (Wildman–Crippen LogP) is 0.977. The standard InChI is InChI=1S/C9H11N5O/c1-8(12-15)9(13-6-2-4-10-13)14-7-3-5-11-14/h2-7,9,15H,1H3/b12-8+. The van der Waals surface area contributed by atoms with Gasteiger partial charge in [0.1, 0.15) is 5.71 Å². The fraction of sp³-hybridized carbons (Fsp3) is 0.222. The first kappa shape index (κ1) is 9.45. The molecule has 0 radical (unpaired) electrons. The molecule has 0 aliphatic rings. The molecule has 0 aliphatic carbocycles. The van der Waals surface area contributed by atoms with E-state index < -0.39 is 0 Å². The molecule has 78 valence electrons. The van der Waals surface area contributed by atoms with E-state index in [0.717, 1.165) is 0 Å². The average molecular weight is 205 g/mol. The average Bonchev–Trinajstić information content (AvgIpc) is 2.90. The van der Waals surface area contributed by atoms with Crippen LogP contribution in [0.2, 0.25) is 0 Å². The normalized spacial score (nSPS) is 12.3. The summed E-state index contributed by atoms with van der Waals surface area (Å²) in [7, 11) is 0. The lowest BCUT2D eigenvalue weighted by Gasteiger charge is -2.16. The Kier molecular flexibility index (Phi) is 2.49. The van der Waals surface area contributed by atoms with E-state index in [1.54, 1.807) is 53.2 Å². The maximum Gasteiger partial charge on any atom is 0.184 e. The van der Waals surface area contributed by atoms with Gasteiger partial charge < -0.3 is 5.21 Å². The van der Waals surface area contributed by atoms with E-state index in [0.29, 0.717) is 5.71 Å². The van der Waals surface area contributed by atoms with Gasteiger partial charge in [-0.2, -0.15) is 10.2 Å². The molecule has 6 nitrogen and oxygen atoms in total. The van der Waals surface area contributed by atoms with Crippen LogP contribution in [0, 0.1) is 0 Å². The molecule has 2 aromatic rings. The number of hydrogen-bond acceptors (Lipinski definition) is 4. The number of hydrogen-bond donors (Lipinski definition) is 1. The highest BCUT2D eigenvalue weighted by atomic mass is 16.4. The van der Waals surface area contributed by atoms with Crippen molar-refractivity contribution in [3.63, 3.8) is 0 Å².